The predicted octanol–water partition coefficient (Wildman–Crippen LogP) is 5.82. The molecule has 0 fully saturated rings. The number of rotatable bonds is 4. The fraction of sp³-hybridized carbons (Fsp3) is 0. The number of aromatic hydroxyl groups is 2. The van der Waals surface area contributed by atoms with Crippen LogP contribution in [0.4, 0.5) is 25.2 Å². The normalized spacial score (nSPS) is 13.8. The molecule has 0 aliphatic rings. The molecule has 0 aliphatic heterocycles. The van der Waals surface area contributed by atoms with Crippen molar-refractivity contribution in [2.24, 2.45) is 0 Å². The van der Waals surface area contributed by atoms with Crippen molar-refractivity contribution in [1.82, 2.24) is 29.7 Å². The van der Waals surface area contributed by atoms with Crippen LogP contribution in [0.25, 0.3) is 11.0 Å². The van der Waals surface area contributed by atoms with Crippen molar-refractivity contribution in [1.29, 1.82) is 0 Å². The Morgan fingerprint density at radius 2 is 1.34 bits per heavy atom. The van der Waals surface area contributed by atoms with Crippen LogP contribution in [0, 0.1) is 0 Å². The van der Waals surface area contributed by atoms with E-state index >= 15 is 0 Å². The van der Waals surface area contributed by atoms with Gasteiger partial charge in [0.25, 0.3) is 12.8 Å². The average molecular weight is 595 g/mol. The number of halogens is 7. The van der Waals surface area contributed by atoms with Crippen molar-refractivity contribution >= 4 is 54.2 Å². The van der Waals surface area contributed by atoms with Crippen LogP contribution in [0.5, 0.6) is 11.5 Å². The maximum atomic E-state index is 11.0. The second-order valence-electron chi connectivity index (χ2n) is 7.59. The molecule has 0 amide bonds. The van der Waals surface area contributed by atoms with Gasteiger partial charge in [-0.1, -0.05) is 34.3 Å². The number of nitrogens with zero attached hydrogens (tertiary/aromatic N) is 6. The largest absolute Gasteiger partial charge is 0.506 e. The molecule has 4 heterocycles. The summed E-state index contributed by atoms with van der Waals surface area (Å²) < 4.78 is 60.9. The third-order valence-electron chi connectivity index (χ3n) is 4.80. The Hall–Kier alpha value is -3.60. The van der Waals surface area contributed by atoms with E-state index in [1.54, 1.807) is 47.2 Å². The van der Waals surface area contributed by atoms with E-state index in [0.29, 0.717) is 32.4 Å². The van der Waals surface area contributed by atoms with E-state index < -0.39 is 15.2 Å². The number of aromatic nitrogens is 6. The molecule has 1 aromatic carbocycles. The zero-order chi connectivity index (χ0) is 27.8. The minimum atomic E-state index is -10.7. The second kappa shape index (κ2) is 9.00. The van der Waals surface area contributed by atoms with Crippen LogP contribution in [0.2, 0.25) is 5.02 Å². The fourth-order valence-electron chi connectivity index (χ4n) is 3.52. The number of phenolic OH excluding ortho intramolecular Hbond substituents is 1. The van der Waals surface area contributed by atoms with Gasteiger partial charge in [-0.2, -0.15) is 0 Å². The van der Waals surface area contributed by atoms with Crippen molar-refractivity contribution in [2.45, 2.75) is 0 Å². The predicted molar refractivity (Wildman–Crippen MR) is 133 cm³/mol. The van der Waals surface area contributed by atoms with Crippen molar-refractivity contribution in [3.8, 4) is 11.5 Å². The summed E-state index contributed by atoms with van der Waals surface area (Å²) in [6.07, 6.45) is 4.79. The van der Waals surface area contributed by atoms with Crippen molar-refractivity contribution < 1.29 is 35.4 Å². The third-order valence-corrected chi connectivity index (χ3v) is 8.69. The van der Waals surface area contributed by atoms with Gasteiger partial charge in [-0.25, -0.2) is 15.0 Å². The molecule has 0 aliphatic carbocycles. The van der Waals surface area contributed by atoms with Crippen LogP contribution in [-0.2, 0) is 0 Å². The molecule has 0 saturated carbocycles. The van der Waals surface area contributed by atoms with Crippen LogP contribution in [0.3, 0.4) is 0 Å². The molecule has 17 heteroatoms. The first-order valence-corrected chi connectivity index (χ1v) is 14.4. The Kier molecular flexibility index (Phi) is 6.50. The van der Waals surface area contributed by atoms with Crippen LogP contribution < -0.4 is 16.3 Å². The van der Waals surface area contributed by atoms with Gasteiger partial charge in [0.1, 0.15) is 11.3 Å². The maximum absolute atomic E-state index is 11.0. The van der Waals surface area contributed by atoms with E-state index in [9.17, 15) is 35.4 Å². The first-order chi connectivity index (χ1) is 17.6. The summed E-state index contributed by atoms with van der Waals surface area (Å²) in [5, 5.41) is 30.2. The van der Waals surface area contributed by atoms with Crippen molar-refractivity contribution in [3.05, 3.63) is 84.3 Å². The molecule has 5 rings (SSSR count). The molecule has 0 atom stereocenters. The summed E-state index contributed by atoms with van der Waals surface area (Å²) in [6.45, 7) is 0. The average Bonchev–Trinajstić information content (AvgIpc) is 3.26. The molecular weight excluding hydrogens is 580 g/mol. The molecule has 200 valence electrons. The van der Waals surface area contributed by atoms with E-state index in [0.717, 1.165) is 0 Å². The molecule has 38 heavy (non-hydrogen) atoms. The zero-order valence-electron chi connectivity index (χ0n) is 18.6. The molecule has 2 N–H and O–H groups in total. The van der Waals surface area contributed by atoms with Crippen LogP contribution in [0.15, 0.2) is 79.3 Å². The van der Waals surface area contributed by atoms with E-state index in [1.165, 1.54) is 12.3 Å². The van der Waals surface area contributed by atoms with Gasteiger partial charge in [-0.15, -0.1) is 5.10 Å². The van der Waals surface area contributed by atoms with E-state index in [-0.39, 0.29) is 11.5 Å². The van der Waals surface area contributed by atoms with Gasteiger partial charge in [0.05, 0.1) is 11.2 Å². The number of hydrogen-bond acceptors (Lipinski definition) is 7. The van der Waals surface area contributed by atoms with Crippen molar-refractivity contribution in [3.63, 3.8) is 0 Å². The van der Waals surface area contributed by atoms with Gasteiger partial charge in [0.2, 0.25) is 10.9 Å². The Morgan fingerprint density at radius 1 is 0.763 bits per heavy atom. The monoisotopic (exact) mass is 594 g/mol. The molecule has 5 aromatic rings. The van der Waals surface area contributed by atoms with E-state index in [4.69, 9.17) is 11.6 Å². The summed E-state index contributed by atoms with van der Waals surface area (Å²) in [4.78, 5) is 13.8. The van der Waals surface area contributed by atoms with Gasteiger partial charge in [0.15, 0.2) is 11.3 Å². The van der Waals surface area contributed by atoms with Gasteiger partial charge in [-0.3, -0.25) is 0 Å². The van der Waals surface area contributed by atoms with Crippen molar-refractivity contribution in [2.75, 3.05) is 0 Å². The van der Waals surface area contributed by atoms with Crippen LogP contribution in [0.1, 0.15) is 0 Å². The first kappa shape index (κ1) is 27.4. The van der Waals surface area contributed by atoms with E-state index in [1.807, 2.05) is 24.3 Å². The number of hydrogen-bond donors (Lipinski definition) is 2. The minimum absolute atomic E-state index is 0.00261. The molecule has 0 unspecified atom stereocenters. The quantitative estimate of drug-likeness (QED) is 0.199. The topological polar surface area (TPSA) is 110 Å². The Balaban J connectivity index is 0.000000426. The van der Waals surface area contributed by atoms with Gasteiger partial charge < -0.3 is 10.2 Å². The summed E-state index contributed by atoms with van der Waals surface area (Å²) in [5.41, 5.74) is 2.42. The molecule has 4 aromatic heterocycles. The van der Waals surface area contributed by atoms with Crippen LogP contribution in [-0.4, -0.2) is 39.9 Å². The Bertz CT molecular complexity index is 1560. The minimum Gasteiger partial charge on any atom is -0.506 e. The number of pyridine rings is 3. The molecular formula is C21H15ClF6N6O2P2. The smallest absolute Gasteiger partial charge is 0.292 e. The summed E-state index contributed by atoms with van der Waals surface area (Å²) >= 11 is 6.09. The molecule has 0 radical (unpaired) electrons. The Morgan fingerprint density at radius 3 is 1.84 bits per heavy atom. The van der Waals surface area contributed by atoms with Gasteiger partial charge in [0, 0.05) is 30.6 Å². The number of benzene rings is 1. The van der Waals surface area contributed by atoms with Crippen LogP contribution >= 0.6 is 26.8 Å². The second-order valence-corrected chi connectivity index (χ2v) is 12.9. The number of fused-ring (bicyclic) bond motifs is 1. The maximum Gasteiger partial charge on any atom is 0.292 e. The molecule has 0 spiro atoms. The SMILES string of the molecule is F[P-](F)(F)(F)(F)F.Oc1cc(Cl)cnc1[P+](c1ccccn1)(c1ccccn1)n1nnc2c(O)cccc21. The number of phenols is 1. The summed E-state index contributed by atoms with van der Waals surface area (Å²) in [5.74, 6) is -0.113. The standard InChI is InChI=1S/C21H14ClN6O2P.F6P/c22-14-12-17(30)21(25-13-14)31(18-8-1-3-10-23-18,19-9-2-4-11-24-19)28-15-6-5-7-16(29)20(15)26-27-28;1-7(2,3,4,5)6/h1-13H,(H-,27,29,30);/q;-1/p+1. The third kappa shape index (κ3) is 6.09. The van der Waals surface area contributed by atoms with Gasteiger partial charge >= 0.3 is 33.0 Å². The van der Waals surface area contributed by atoms with E-state index in [2.05, 4.69) is 25.3 Å². The summed E-state index contributed by atoms with van der Waals surface area (Å²) in [7, 11) is -13.7. The zero-order valence-corrected chi connectivity index (χ0v) is 21.2. The van der Waals surface area contributed by atoms with Gasteiger partial charge in [-0.05, 0) is 29.5 Å². The Labute approximate surface area is 215 Å². The fourth-order valence-corrected chi connectivity index (χ4v) is 7.24. The molecule has 8 nitrogen and oxygen atoms in total. The summed E-state index contributed by atoms with van der Waals surface area (Å²) in [6, 6.07) is 17.5. The molecule has 0 saturated heterocycles. The molecule has 0 bridgehead atoms. The first-order valence-electron chi connectivity index (χ1n) is 10.3.